The van der Waals surface area contributed by atoms with Crippen LogP contribution in [0.5, 0.6) is 0 Å². The molecule has 0 aliphatic rings. The third-order valence-corrected chi connectivity index (χ3v) is 6.22. The lowest BCUT2D eigenvalue weighted by Crippen LogP contribution is -2.30. The fraction of sp³-hybridized carbons (Fsp3) is 0.882. The molecule has 0 radical (unpaired) electrons. The van der Waals surface area contributed by atoms with E-state index in [4.69, 9.17) is 4.43 Å². The van der Waals surface area contributed by atoms with Crippen LogP contribution in [-0.2, 0) is 4.43 Å². The fourth-order valence-corrected chi connectivity index (χ4v) is 4.34. The normalized spacial score (nSPS) is 11.7. The molecule has 0 saturated heterocycles. The smallest absolute Gasteiger partial charge is 0.186 e. The first-order valence-corrected chi connectivity index (χ1v) is 11.5. The second-order valence-electron chi connectivity index (χ2n) is 6.26. The Bertz CT molecular complexity index is 201. The van der Waals surface area contributed by atoms with E-state index in [0.29, 0.717) is 0 Å². The van der Waals surface area contributed by atoms with E-state index in [9.17, 15) is 0 Å². The van der Waals surface area contributed by atoms with Crippen molar-refractivity contribution in [3.05, 3.63) is 12.7 Å². The topological polar surface area (TPSA) is 9.23 Å². The van der Waals surface area contributed by atoms with Gasteiger partial charge in [0.25, 0.3) is 0 Å². The van der Waals surface area contributed by atoms with Crippen LogP contribution >= 0.6 is 0 Å². The van der Waals surface area contributed by atoms with Gasteiger partial charge in [-0.05, 0) is 38.4 Å². The van der Waals surface area contributed by atoms with E-state index in [0.717, 1.165) is 6.61 Å². The minimum absolute atomic E-state index is 0.999. The van der Waals surface area contributed by atoms with Crippen LogP contribution in [0.3, 0.4) is 0 Å². The maximum Gasteiger partial charge on any atom is 0.186 e. The lowest BCUT2D eigenvalue weighted by Gasteiger charge is -2.22. The standard InChI is InChI=1S/C17H36OSi/c1-5-7-9-10-11-12-13-14-15-16-18-19(3,4)17-8-6-2/h5H,1,6-17H2,2-4H3. The highest BCUT2D eigenvalue weighted by molar-refractivity contribution is 6.71. The third-order valence-electron chi connectivity index (χ3n) is 3.68. The predicted octanol–water partition coefficient (Wildman–Crippen LogP) is 6.32. The van der Waals surface area contributed by atoms with Crippen LogP contribution in [0.25, 0.3) is 0 Å². The summed E-state index contributed by atoms with van der Waals surface area (Å²) in [5.41, 5.74) is 0. The summed E-state index contributed by atoms with van der Waals surface area (Å²) in [4.78, 5) is 0. The van der Waals surface area contributed by atoms with Gasteiger partial charge in [-0.3, -0.25) is 0 Å². The number of rotatable bonds is 14. The van der Waals surface area contributed by atoms with Gasteiger partial charge in [-0.2, -0.15) is 0 Å². The number of allylic oxidation sites excluding steroid dienone is 1. The summed E-state index contributed by atoms with van der Waals surface area (Å²) in [5, 5.41) is 0. The Morgan fingerprint density at radius 2 is 1.47 bits per heavy atom. The summed E-state index contributed by atoms with van der Waals surface area (Å²) in [6.07, 6.45) is 15.3. The van der Waals surface area contributed by atoms with Crippen molar-refractivity contribution in [1.29, 1.82) is 0 Å². The van der Waals surface area contributed by atoms with Gasteiger partial charge in [0.2, 0.25) is 0 Å². The molecule has 114 valence electrons. The first-order valence-electron chi connectivity index (χ1n) is 8.37. The van der Waals surface area contributed by atoms with Gasteiger partial charge in [-0.15, -0.1) is 6.58 Å². The zero-order valence-corrected chi connectivity index (χ0v) is 14.7. The molecule has 0 fully saturated rings. The van der Waals surface area contributed by atoms with E-state index in [-0.39, 0.29) is 0 Å². The van der Waals surface area contributed by atoms with E-state index in [1.807, 2.05) is 6.08 Å². The third kappa shape index (κ3) is 14.1. The van der Waals surface area contributed by atoms with Gasteiger partial charge in [-0.25, -0.2) is 0 Å². The molecule has 0 aromatic rings. The highest BCUT2D eigenvalue weighted by Crippen LogP contribution is 2.16. The number of hydrogen-bond donors (Lipinski definition) is 0. The molecule has 0 aromatic carbocycles. The Kier molecular flexibility index (Phi) is 12.9. The van der Waals surface area contributed by atoms with E-state index in [1.165, 1.54) is 70.3 Å². The van der Waals surface area contributed by atoms with Crippen molar-refractivity contribution in [3.8, 4) is 0 Å². The van der Waals surface area contributed by atoms with Crippen molar-refractivity contribution in [2.75, 3.05) is 6.61 Å². The molecule has 0 unspecified atom stereocenters. The zero-order chi connectivity index (χ0) is 14.4. The highest BCUT2D eigenvalue weighted by Gasteiger charge is 2.20. The van der Waals surface area contributed by atoms with Gasteiger partial charge in [0.05, 0.1) is 0 Å². The lowest BCUT2D eigenvalue weighted by molar-refractivity contribution is 0.293. The second kappa shape index (κ2) is 12.9. The van der Waals surface area contributed by atoms with Crippen LogP contribution < -0.4 is 0 Å². The van der Waals surface area contributed by atoms with E-state index in [2.05, 4.69) is 26.6 Å². The molecule has 0 bridgehead atoms. The van der Waals surface area contributed by atoms with Crippen molar-refractivity contribution in [2.45, 2.75) is 90.3 Å². The maximum atomic E-state index is 6.12. The summed E-state index contributed by atoms with van der Waals surface area (Å²) >= 11 is 0. The van der Waals surface area contributed by atoms with Crippen LogP contribution in [0.1, 0.15) is 71.1 Å². The second-order valence-corrected chi connectivity index (χ2v) is 10.6. The number of unbranched alkanes of at least 4 members (excludes halogenated alkanes) is 8. The van der Waals surface area contributed by atoms with Crippen LogP contribution in [0.2, 0.25) is 19.1 Å². The molecule has 0 heterocycles. The minimum atomic E-state index is -1.32. The zero-order valence-electron chi connectivity index (χ0n) is 13.7. The minimum Gasteiger partial charge on any atom is -0.417 e. The Morgan fingerprint density at radius 3 is 2.05 bits per heavy atom. The van der Waals surface area contributed by atoms with Gasteiger partial charge in [0, 0.05) is 6.61 Å². The van der Waals surface area contributed by atoms with Crippen LogP contribution in [0.15, 0.2) is 12.7 Å². The van der Waals surface area contributed by atoms with Gasteiger partial charge >= 0.3 is 0 Å². The summed E-state index contributed by atoms with van der Waals surface area (Å²) in [6, 6.07) is 1.33. The Labute approximate surface area is 123 Å². The van der Waals surface area contributed by atoms with Crippen LogP contribution in [-0.4, -0.2) is 14.9 Å². The molecule has 0 atom stereocenters. The summed E-state index contributed by atoms with van der Waals surface area (Å²) in [6.45, 7) is 11.7. The van der Waals surface area contributed by atoms with Gasteiger partial charge in [0.1, 0.15) is 0 Å². The van der Waals surface area contributed by atoms with Crippen molar-refractivity contribution < 1.29 is 4.43 Å². The molecule has 2 heteroatoms. The quantitative estimate of drug-likeness (QED) is 0.206. The molecular formula is C17H36OSi. The average molecular weight is 285 g/mol. The van der Waals surface area contributed by atoms with Crippen molar-refractivity contribution in [1.82, 2.24) is 0 Å². The van der Waals surface area contributed by atoms with Gasteiger partial charge < -0.3 is 4.43 Å². The molecule has 0 rings (SSSR count). The molecule has 1 nitrogen and oxygen atoms in total. The SMILES string of the molecule is C=CCCCCCCCCCO[Si](C)(C)CCCC. The molecular weight excluding hydrogens is 248 g/mol. The Hall–Kier alpha value is -0.0831. The molecule has 0 saturated carbocycles. The Balaban J connectivity index is 3.23. The van der Waals surface area contributed by atoms with Gasteiger partial charge in [0.15, 0.2) is 8.32 Å². The molecule has 0 aromatic heterocycles. The average Bonchev–Trinajstić information content (AvgIpc) is 2.38. The lowest BCUT2D eigenvalue weighted by atomic mass is 10.1. The molecule has 0 N–H and O–H groups in total. The van der Waals surface area contributed by atoms with E-state index < -0.39 is 8.32 Å². The van der Waals surface area contributed by atoms with Crippen molar-refractivity contribution in [2.24, 2.45) is 0 Å². The maximum absolute atomic E-state index is 6.12. The summed E-state index contributed by atoms with van der Waals surface area (Å²) in [5.74, 6) is 0. The first-order chi connectivity index (χ1) is 9.12. The molecule has 0 aliphatic carbocycles. The number of hydrogen-bond acceptors (Lipinski definition) is 1. The molecule has 19 heavy (non-hydrogen) atoms. The van der Waals surface area contributed by atoms with E-state index >= 15 is 0 Å². The summed E-state index contributed by atoms with van der Waals surface area (Å²) < 4.78 is 6.12. The molecule has 0 aliphatic heterocycles. The summed E-state index contributed by atoms with van der Waals surface area (Å²) in [7, 11) is -1.32. The van der Waals surface area contributed by atoms with Crippen LogP contribution in [0.4, 0.5) is 0 Å². The first kappa shape index (κ1) is 18.9. The van der Waals surface area contributed by atoms with E-state index in [1.54, 1.807) is 0 Å². The highest BCUT2D eigenvalue weighted by atomic mass is 28.4. The van der Waals surface area contributed by atoms with Crippen molar-refractivity contribution >= 4 is 8.32 Å². The Morgan fingerprint density at radius 1 is 0.895 bits per heavy atom. The predicted molar refractivity (Wildman–Crippen MR) is 90.3 cm³/mol. The van der Waals surface area contributed by atoms with Gasteiger partial charge in [-0.1, -0.05) is 57.9 Å². The largest absolute Gasteiger partial charge is 0.417 e. The fourth-order valence-electron chi connectivity index (χ4n) is 2.30. The molecule has 0 spiro atoms. The van der Waals surface area contributed by atoms with Crippen LogP contribution in [0, 0.1) is 0 Å². The van der Waals surface area contributed by atoms with Crippen molar-refractivity contribution in [3.63, 3.8) is 0 Å². The monoisotopic (exact) mass is 284 g/mol. The molecule has 0 amide bonds.